The molecule has 0 saturated carbocycles. The molecular weight excluding hydrogens is 118 g/mol. The van der Waals surface area contributed by atoms with Gasteiger partial charge < -0.3 is 5.32 Å². The summed E-state index contributed by atoms with van der Waals surface area (Å²) in [4.78, 5) is 0. The second-order valence-electron chi connectivity index (χ2n) is 2.58. The van der Waals surface area contributed by atoms with Crippen LogP contribution in [0.5, 0.6) is 0 Å². The van der Waals surface area contributed by atoms with E-state index < -0.39 is 0 Å². The van der Waals surface area contributed by atoms with Gasteiger partial charge in [-0.2, -0.15) is 0 Å². The lowest BCUT2D eigenvalue weighted by Crippen LogP contribution is -2.37. The van der Waals surface area contributed by atoms with Crippen molar-refractivity contribution in [3.05, 3.63) is 0 Å². The van der Waals surface area contributed by atoms with Crippen LogP contribution in [0.15, 0.2) is 0 Å². The third-order valence-corrected chi connectivity index (χ3v) is 2.99. The van der Waals surface area contributed by atoms with E-state index in [0.717, 1.165) is 5.88 Å². The van der Waals surface area contributed by atoms with Crippen molar-refractivity contribution < 1.29 is 0 Å². The molecular formula is C6H13NS. The number of hydrogen-bond acceptors (Lipinski definition) is 2. The monoisotopic (exact) mass is 131 g/mol. The van der Waals surface area contributed by atoms with Crippen LogP contribution in [0.4, 0.5) is 0 Å². The Bertz CT molecular complexity index is 76.6. The van der Waals surface area contributed by atoms with Gasteiger partial charge in [-0.3, -0.25) is 0 Å². The van der Waals surface area contributed by atoms with Crippen LogP contribution in [0.3, 0.4) is 0 Å². The molecule has 1 rings (SSSR count). The van der Waals surface area contributed by atoms with Crippen LogP contribution in [0.25, 0.3) is 0 Å². The van der Waals surface area contributed by atoms with E-state index in [1.54, 1.807) is 0 Å². The predicted octanol–water partition coefficient (Wildman–Crippen LogP) is 1.45. The van der Waals surface area contributed by atoms with Crippen LogP contribution in [-0.4, -0.2) is 17.2 Å². The molecule has 1 saturated heterocycles. The molecule has 1 aliphatic rings. The fraction of sp³-hybridized carbons (Fsp3) is 1.00. The van der Waals surface area contributed by atoms with Crippen LogP contribution in [0, 0.1) is 0 Å². The van der Waals surface area contributed by atoms with E-state index in [2.05, 4.69) is 19.2 Å². The molecule has 0 aromatic heterocycles. The topological polar surface area (TPSA) is 12.0 Å². The highest BCUT2D eigenvalue weighted by molar-refractivity contribution is 7.99. The zero-order valence-corrected chi connectivity index (χ0v) is 6.35. The van der Waals surface area contributed by atoms with E-state index in [0.29, 0.717) is 5.54 Å². The molecule has 0 aromatic carbocycles. The van der Waals surface area contributed by atoms with Crippen LogP contribution >= 0.6 is 11.8 Å². The molecule has 1 nitrogen and oxygen atoms in total. The molecule has 1 heterocycles. The minimum Gasteiger partial charge on any atom is -0.302 e. The largest absolute Gasteiger partial charge is 0.302 e. The summed E-state index contributed by atoms with van der Waals surface area (Å²) in [6, 6.07) is 0. The Morgan fingerprint density at radius 3 is 2.75 bits per heavy atom. The van der Waals surface area contributed by atoms with Gasteiger partial charge in [-0.15, -0.1) is 11.8 Å². The Balaban J connectivity index is 2.40. The Kier molecular flexibility index (Phi) is 1.83. The number of rotatable bonds is 1. The Morgan fingerprint density at radius 2 is 2.50 bits per heavy atom. The lowest BCUT2D eigenvalue weighted by Gasteiger charge is -2.19. The predicted molar refractivity (Wildman–Crippen MR) is 39.2 cm³/mol. The van der Waals surface area contributed by atoms with Gasteiger partial charge in [-0.05, 0) is 13.3 Å². The maximum absolute atomic E-state index is 3.45. The molecule has 2 heteroatoms. The molecule has 0 aromatic rings. The van der Waals surface area contributed by atoms with Crippen LogP contribution < -0.4 is 5.32 Å². The summed E-state index contributed by atoms with van der Waals surface area (Å²) >= 11 is 1.99. The van der Waals surface area contributed by atoms with E-state index in [4.69, 9.17) is 0 Å². The number of thioether (sulfide) groups is 1. The van der Waals surface area contributed by atoms with Gasteiger partial charge in [0.2, 0.25) is 0 Å². The van der Waals surface area contributed by atoms with Crippen molar-refractivity contribution in [2.45, 2.75) is 25.8 Å². The molecule has 8 heavy (non-hydrogen) atoms. The summed E-state index contributed by atoms with van der Waals surface area (Å²) in [7, 11) is 0. The maximum Gasteiger partial charge on any atom is 0.0423 e. The first kappa shape index (κ1) is 6.43. The molecule has 1 atom stereocenters. The van der Waals surface area contributed by atoms with Crippen molar-refractivity contribution in [2.75, 3.05) is 11.6 Å². The zero-order valence-electron chi connectivity index (χ0n) is 5.53. The summed E-state index contributed by atoms with van der Waals surface area (Å²) in [6.45, 7) is 4.52. The molecule has 1 N–H and O–H groups in total. The smallest absolute Gasteiger partial charge is 0.0423 e. The minimum absolute atomic E-state index is 0.449. The van der Waals surface area contributed by atoms with Gasteiger partial charge >= 0.3 is 0 Å². The second kappa shape index (κ2) is 2.28. The summed E-state index contributed by atoms with van der Waals surface area (Å²) < 4.78 is 0. The minimum atomic E-state index is 0.449. The Hall–Kier alpha value is 0.310. The van der Waals surface area contributed by atoms with Gasteiger partial charge in [0.1, 0.15) is 0 Å². The summed E-state index contributed by atoms with van der Waals surface area (Å²) in [5, 5.41) is 3.45. The van der Waals surface area contributed by atoms with Gasteiger partial charge in [-0.25, -0.2) is 0 Å². The van der Waals surface area contributed by atoms with Crippen molar-refractivity contribution in [3.8, 4) is 0 Å². The fourth-order valence-electron chi connectivity index (χ4n) is 0.780. The SMILES string of the molecule is CCC1(C)CSCN1. The molecule has 48 valence electrons. The lowest BCUT2D eigenvalue weighted by molar-refractivity contribution is 0.430. The van der Waals surface area contributed by atoms with Gasteiger partial charge in [0.15, 0.2) is 0 Å². The van der Waals surface area contributed by atoms with Crippen LogP contribution in [0.1, 0.15) is 20.3 Å². The third-order valence-electron chi connectivity index (χ3n) is 1.80. The van der Waals surface area contributed by atoms with Crippen LogP contribution in [0.2, 0.25) is 0 Å². The first-order chi connectivity index (χ1) is 3.77. The summed E-state index contributed by atoms with van der Waals surface area (Å²) in [5.41, 5.74) is 0.449. The molecule has 0 amide bonds. The standard InChI is InChI=1S/C6H13NS/c1-3-6(2)4-8-5-7-6/h7H,3-5H2,1-2H3. The first-order valence-corrected chi connectivity index (χ1v) is 4.25. The van der Waals surface area contributed by atoms with E-state index in [1.165, 1.54) is 12.2 Å². The van der Waals surface area contributed by atoms with E-state index in [1.807, 2.05) is 11.8 Å². The number of nitrogens with one attached hydrogen (secondary N) is 1. The second-order valence-corrected chi connectivity index (χ2v) is 3.57. The quantitative estimate of drug-likeness (QED) is 0.578. The Labute approximate surface area is 55.2 Å². The van der Waals surface area contributed by atoms with E-state index in [-0.39, 0.29) is 0 Å². The normalized spacial score (nSPS) is 38.2. The van der Waals surface area contributed by atoms with E-state index in [9.17, 15) is 0 Å². The van der Waals surface area contributed by atoms with Crippen molar-refractivity contribution in [1.29, 1.82) is 0 Å². The highest BCUT2D eigenvalue weighted by Gasteiger charge is 2.25. The van der Waals surface area contributed by atoms with Gasteiger partial charge in [0.05, 0.1) is 0 Å². The molecule has 1 fully saturated rings. The highest BCUT2D eigenvalue weighted by Crippen LogP contribution is 2.22. The lowest BCUT2D eigenvalue weighted by atomic mass is 10.0. The molecule has 0 spiro atoms. The summed E-state index contributed by atoms with van der Waals surface area (Å²) in [5.74, 6) is 2.42. The van der Waals surface area contributed by atoms with E-state index >= 15 is 0 Å². The van der Waals surface area contributed by atoms with Gasteiger partial charge in [0.25, 0.3) is 0 Å². The molecule has 0 radical (unpaired) electrons. The number of hydrogen-bond donors (Lipinski definition) is 1. The van der Waals surface area contributed by atoms with Crippen molar-refractivity contribution in [1.82, 2.24) is 5.32 Å². The van der Waals surface area contributed by atoms with Crippen molar-refractivity contribution >= 4 is 11.8 Å². The van der Waals surface area contributed by atoms with Crippen molar-refractivity contribution in [2.24, 2.45) is 0 Å². The first-order valence-electron chi connectivity index (χ1n) is 3.10. The molecule has 0 bridgehead atoms. The third kappa shape index (κ3) is 1.17. The van der Waals surface area contributed by atoms with Crippen molar-refractivity contribution in [3.63, 3.8) is 0 Å². The highest BCUT2D eigenvalue weighted by atomic mass is 32.2. The Morgan fingerprint density at radius 1 is 1.75 bits per heavy atom. The van der Waals surface area contributed by atoms with Gasteiger partial charge in [-0.1, -0.05) is 6.92 Å². The molecule has 1 aliphatic heterocycles. The average Bonchev–Trinajstić information content (AvgIpc) is 2.17. The van der Waals surface area contributed by atoms with Gasteiger partial charge in [0, 0.05) is 17.2 Å². The average molecular weight is 131 g/mol. The van der Waals surface area contributed by atoms with Crippen LogP contribution in [-0.2, 0) is 0 Å². The summed E-state index contributed by atoms with van der Waals surface area (Å²) in [6.07, 6.45) is 1.25. The zero-order chi connectivity index (χ0) is 6.04. The molecule has 0 aliphatic carbocycles. The molecule has 1 unspecified atom stereocenters. The maximum atomic E-state index is 3.45. The fourth-order valence-corrected chi connectivity index (χ4v) is 2.09.